The lowest BCUT2D eigenvalue weighted by atomic mass is 9.84. The molecule has 1 heterocycles. The van der Waals surface area contributed by atoms with Crippen LogP contribution in [-0.4, -0.2) is 44.9 Å². The van der Waals surface area contributed by atoms with Crippen LogP contribution in [0.4, 0.5) is 0 Å². The number of nitriles is 1. The van der Waals surface area contributed by atoms with E-state index < -0.39 is 17.4 Å². The molecule has 0 saturated heterocycles. The summed E-state index contributed by atoms with van der Waals surface area (Å²) in [6.45, 7) is 6.13. The highest BCUT2D eigenvalue weighted by Gasteiger charge is 2.37. The van der Waals surface area contributed by atoms with E-state index in [1.165, 1.54) is 0 Å². The Bertz CT molecular complexity index is 1240. The van der Waals surface area contributed by atoms with E-state index in [1.807, 2.05) is 57.2 Å². The van der Waals surface area contributed by atoms with Crippen molar-refractivity contribution in [2.75, 3.05) is 0 Å². The van der Waals surface area contributed by atoms with Gasteiger partial charge in [0, 0.05) is 11.4 Å². The van der Waals surface area contributed by atoms with Crippen LogP contribution in [0.25, 0.3) is 10.9 Å². The molecule has 1 fully saturated rings. The van der Waals surface area contributed by atoms with Gasteiger partial charge in [0.05, 0.1) is 29.8 Å². The number of benzene rings is 2. The smallest absolute Gasteiger partial charge is 0.273 e. The van der Waals surface area contributed by atoms with Gasteiger partial charge in [-0.15, -0.1) is 0 Å². The molecule has 3 N–H and O–H groups in total. The predicted octanol–water partition coefficient (Wildman–Crippen LogP) is 2.74. The molecular weight excluding hydrogens is 430 g/mol. The van der Waals surface area contributed by atoms with E-state index in [0.29, 0.717) is 30.3 Å². The highest BCUT2D eigenvalue weighted by atomic mass is 16.3. The molecule has 1 atom stereocenters. The fraction of sp³-hybridized carbons (Fsp3) is 0.385. The van der Waals surface area contributed by atoms with Crippen molar-refractivity contribution in [3.63, 3.8) is 0 Å². The van der Waals surface area contributed by atoms with E-state index in [-0.39, 0.29) is 23.7 Å². The number of nitrogens with zero attached hydrogens (tertiary/aromatic N) is 3. The largest absolute Gasteiger partial charge is 0.393 e. The summed E-state index contributed by atoms with van der Waals surface area (Å²) in [5.41, 5.74) is 2.07. The fourth-order valence-corrected chi connectivity index (χ4v) is 4.14. The van der Waals surface area contributed by atoms with Crippen molar-refractivity contribution in [2.24, 2.45) is 5.41 Å². The van der Waals surface area contributed by atoms with Crippen LogP contribution in [0.15, 0.2) is 48.5 Å². The Morgan fingerprint density at radius 2 is 1.85 bits per heavy atom. The minimum atomic E-state index is -0.764. The molecule has 2 amide bonds. The molecule has 0 spiro atoms. The monoisotopic (exact) mass is 459 g/mol. The van der Waals surface area contributed by atoms with Gasteiger partial charge in [-0.25, -0.2) is 0 Å². The van der Waals surface area contributed by atoms with Crippen molar-refractivity contribution in [3.05, 3.63) is 65.4 Å². The molecule has 8 nitrogen and oxygen atoms in total. The van der Waals surface area contributed by atoms with Gasteiger partial charge < -0.3 is 15.7 Å². The molecule has 8 heteroatoms. The van der Waals surface area contributed by atoms with E-state index in [1.54, 1.807) is 16.8 Å². The Morgan fingerprint density at radius 3 is 2.47 bits per heavy atom. The lowest BCUT2D eigenvalue weighted by Gasteiger charge is -2.36. The Labute approximate surface area is 198 Å². The van der Waals surface area contributed by atoms with Crippen LogP contribution >= 0.6 is 0 Å². The van der Waals surface area contributed by atoms with Gasteiger partial charge in [-0.1, -0.05) is 51.1 Å². The number of rotatable bonds is 6. The summed E-state index contributed by atoms with van der Waals surface area (Å²) in [4.78, 5) is 26.3. The molecular formula is C26H29N5O3. The summed E-state index contributed by atoms with van der Waals surface area (Å²) in [6, 6.07) is 16.0. The second kappa shape index (κ2) is 9.27. The van der Waals surface area contributed by atoms with Gasteiger partial charge in [-0.2, -0.15) is 10.4 Å². The number of carbonyl (C=O) groups excluding carboxylic acids is 2. The molecule has 1 aliphatic carbocycles. The van der Waals surface area contributed by atoms with Gasteiger partial charge in [0.2, 0.25) is 5.91 Å². The number of aliphatic hydroxyl groups excluding tert-OH is 1. The first-order valence-electron chi connectivity index (χ1n) is 11.4. The summed E-state index contributed by atoms with van der Waals surface area (Å²) < 4.78 is 1.76. The van der Waals surface area contributed by atoms with Gasteiger partial charge in [0.1, 0.15) is 6.04 Å². The van der Waals surface area contributed by atoms with E-state index in [9.17, 15) is 14.7 Å². The van der Waals surface area contributed by atoms with Crippen LogP contribution in [0.1, 0.15) is 55.2 Å². The van der Waals surface area contributed by atoms with Crippen LogP contribution in [0.5, 0.6) is 0 Å². The molecule has 34 heavy (non-hydrogen) atoms. The van der Waals surface area contributed by atoms with Crippen LogP contribution in [0.2, 0.25) is 0 Å². The van der Waals surface area contributed by atoms with Crippen LogP contribution in [0.3, 0.4) is 0 Å². The van der Waals surface area contributed by atoms with E-state index >= 15 is 0 Å². The average molecular weight is 460 g/mol. The van der Waals surface area contributed by atoms with Gasteiger partial charge in [0.25, 0.3) is 5.91 Å². The Morgan fingerprint density at radius 1 is 1.18 bits per heavy atom. The van der Waals surface area contributed by atoms with Gasteiger partial charge in [-0.05, 0) is 42.0 Å². The molecule has 176 valence electrons. The Balaban J connectivity index is 1.58. The number of hydrogen-bond donors (Lipinski definition) is 3. The number of carbonyl (C=O) groups is 2. The Hall–Kier alpha value is -3.70. The van der Waals surface area contributed by atoms with Crippen LogP contribution < -0.4 is 10.6 Å². The molecule has 4 rings (SSSR count). The molecule has 2 aromatic carbocycles. The molecule has 0 radical (unpaired) electrons. The topological polar surface area (TPSA) is 120 Å². The molecule has 1 aliphatic rings. The minimum absolute atomic E-state index is 0.0725. The summed E-state index contributed by atoms with van der Waals surface area (Å²) >= 11 is 0. The molecule has 0 aliphatic heterocycles. The number of fused-ring (bicyclic) bond motifs is 1. The zero-order valence-corrected chi connectivity index (χ0v) is 19.6. The second-order valence-electron chi connectivity index (χ2n) is 9.94. The lowest BCUT2D eigenvalue weighted by Crippen LogP contribution is -2.58. The first-order chi connectivity index (χ1) is 16.2. The van der Waals surface area contributed by atoms with Crippen molar-refractivity contribution in [1.29, 1.82) is 5.26 Å². The third kappa shape index (κ3) is 4.95. The van der Waals surface area contributed by atoms with Crippen molar-refractivity contribution >= 4 is 22.7 Å². The zero-order chi connectivity index (χ0) is 24.5. The van der Waals surface area contributed by atoms with Crippen molar-refractivity contribution in [3.8, 4) is 6.07 Å². The summed E-state index contributed by atoms with van der Waals surface area (Å²) in [7, 11) is 0. The number of para-hydroxylation sites is 1. The Kier molecular flexibility index (Phi) is 6.40. The van der Waals surface area contributed by atoms with Crippen LogP contribution in [-0.2, 0) is 11.3 Å². The first kappa shape index (κ1) is 23.5. The number of aliphatic hydroxyl groups is 1. The predicted molar refractivity (Wildman–Crippen MR) is 128 cm³/mol. The third-order valence-electron chi connectivity index (χ3n) is 6.15. The summed E-state index contributed by atoms with van der Waals surface area (Å²) in [5.74, 6) is -0.683. The molecule has 0 unspecified atom stereocenters. The maximum atomic E-state index is 13.3. The SMILES string of the molecule is CC(C)(C)[C@H](NC(=O)c1nn(Cc2ccc(C#N)cc2)c2ccccc12)C(=O)N[C@H]1C[C@H](O)C1. The fourth-order valence-electron chi connectivity index (χ4n) is 4.14. The quantitative estimate of drug-likeness (QED) is 0.524. The highest BCUT2D eigenvalue weighted by Crippen LogP contribution is 2.25. The number of nitrogens with one attached hydrogen (secondary N) is 2. The number of aromatic nitrogens is 2. The van der Waals surface area contributed by atoms with Crippen LogP contribution in [0, 0.1) is 16.7 Å². The maximum Gasteiger partial charge on any atom is 0.273 e. The summed E-state index contributed by atoms with van der Waals surface area (Å²) in [6.07, 6.45) is 0.682. The molecule has 1 aromatic heterocycles. The lowest BCUT2D eigenvalue weighted by molar-refractivity contribution is -0.127. The molecule has 1 saturated carbocycles. The third-order valence-corrected chi connectivity index (χ3v) is 6.15. The summed E-state index contributed by atoms with van der Waals surface area (Å²) in [5, 5.41) is 29.7. The van der Waals surface area contributed by atoms with Gasteiger partial charge in [-0.3, -0.25) is 14.3 Å². The highest BCUT2D eigenvalue weighted by molar-refractivity contribution is 6.06. The zero-order valence-electron chi connectivity index (χ0n) is 19.6. The van der Waals surface area contributed by atoms with E-state index in [0.717, 1.165) is 11.1 Å². The van der Waals surface area contributed by atoms with Gasteiger partial charge in [0.15, 0.2) is 5.69 Å². The number of amides is 2. The molecule has 0 bridgehead atoms. The minimum Gasteiger partial charge on any atom is -0.393 e. The standard InChI is InChI=1S/C26H29N5O3/c1-26(2,3)23(25(34)28-18-12-19(32)13-18)29-24(33)22-20-6-4-5-7-21(20)31(30-22)15-17-10-8-16(14-27)9-11-17/h4-11,18-19,23,32H,12-13,15H2,1-3H3,(H,28,34)(H,29,33)/t18-,19-,23-/m1/s1. The van der Waals surface area contributed by atoms with E-state index in [2.05, 4.69) is 21.8 Å². The van der Waals surface area contributed by atoms with Gasteiger partial charge >= 0.3 is 0 Å². The van der Waals surface area contributed by atoms with Crippen molar-refractivity contribution in [1.82, 2.24) is 20.4 Å². The molecule has 3 aromatic rings. The van der Waals surface area contributed by atoms with Crippen molar-refractivity contribution in [2.45, 2.75) is 58.3 Å². The van der Waals surface area contributed by atoms with Crippen molar-refractivity contribution < 1.29 is 14.7 Å². The normalized spacial score (nSPS) is 18.6. The maximum absolute atomic E-state index is 13.3. The number of hydrogen-bond acceptors (Lipinski definition) is 5. The van der Waals surface area contributed by atoms with E-state index in [4.69, 9.17) is 5.26 Å². The average Bonchev–Trinajstić information content (AvgIpc) is 3.14. The first-order valence-corrected chi connectivity index (χ1v) is 11.4. The second-order valence-corrected chi connectivity index (χ2v) is 9.94.